The van der Waals surface area contributed by atoms with Crippen molar-refractivity contribution in [2.24, 2.45) is 29.1 Å². The van der Waals surface area contributed by atoms with Gasteiger partial charge in [0.05, 0.1) is 17.4 Å². The standard InChI is InChI=1S/C22H25F2N3O2/c1-11(20(29)26-22-6-21(7-22,8-22)9-28)19-13-2-12(3-14(13)19)27-10-25-17-4-15(23)16(24)5-18(17)27/h4-5,10-14,19,28H,2-3,6-9H2,1H3,(H,26,29)/t11?,12-,13-,14+,19+,21?,22?. The highest BCUT2D eigenvalue weighted by molar-refractivity contribution is 5.80. The Labute approximate surface area is 167 Å². The Morgan fingerprint density at radius 2 is 1.93 bits per heavy atom. The third-order valence-corrected chi connectivity index (χ3v) is 8.35. The number of aromatic nitrogens is 2. The molecule has 0 saturated heterocycles. The Balaban J connectivity index is 1.10. The van der Waals surface area contributed by atoms with Crippen molar-refractivity contribution < 1.29 is 18.7 Å². The van der Waals surface area contributed by atoms with Crippen LogP contribution >= 0.6 is 0 Å². The number of hydrogen-bond donors (Lipinski definition) is 2. The van der Waals surface area contributed by atoms with Crippen LogP contribution in [0.25, 0.3) is 11.0 Å². The number of halogens is 2. The molecule has 154 valence electrons. The summed E-state index contributed by atoms with van der Waals surface area (Å²) in [6.07, 6.45) is 6.34. The minimum Gasteiger partial charge on any atom is -0.396 e. The van der Waals surface area contributed by atoms with E-state index in [1.807, 2.05) is 11.5 Å². The van der Waals surface area contributed by atoms with Crippen LogP contribution in [-0.4, -0.2) is 32.7 Å². The Kier molecular flexibility index (Phi) is 3.42. The van der Waals surface area contributed by atoms with Crippen molar-refractivity contribution in [3.05, 3.63) is 30.1 Å². The number of carbonyl (C=O) groups excluding carboxylic acids is 1. The first kappa shape index (κ1) is 17.8. The number of benzene rings is 1. The zero-order valence-corrected chi connectivity index (χ0v) is 16.4. The van der Waals surface area contributed by atoms with Crippen molar-refractivity contribution >= 4 is 16.9 Å². The van der Waals surface area contributed by atoms with E-state index in [1.165, 1.54) is 6.07 Å². The maximum Gasteiger partial charge on any atom is 0.223 e. The van der Waals surface area contributed by atoms with Crippen molar-refractivity contribution in [1.29, 1.82) is 0 Å². The van der Waals surface area contributed by atoms with Crippen molar-refractivity contribution in [3.63, 3.8) is 0 Å². The monoisotopic (exact) mass is 401 g/mol. The highest BCUT2D eigenvalue weighted by atomic mass is 19.2. The third kappa shape index (κ3) is 2.39. The van der Waals surface area contributed by atoms with Crippen molar-refractivity contribution in [3.8, 4) is 0 Å². The van der Waals surface area contributed by atoms with E-state index in [1.54, 1.807) is 6.33 Å². The van der Waals surface area contributed by atoms with Gasteiger partial charge in [0, 0.05) is 41.7 Å². The number of imidazole rings is 1. The summed E-state index contributed by atoms with van der Waals surface area (Å²) in [7, 11) is 0. The van der Waals surface area contributed by atoms with Crippen molar-refractivity contribution in [2.75, 3.05) is 6.61 Å². The summed E-state index contributed by atoms with van der Waals surface area (Å²) >= 11 is 0. The number of amides is 1. The molecule has 5 nitrogen and oxygen atoms in total. The molecule has 1 heterocycles. The lowest BCUT2D eigenvalue weighted by molar-refractivity contribution is -0.184. The number of aliphatic hydroxyl groups is 1. The molecule has 7 heteroatoms. The fraction of sp³-hybridized carbons (Fsp3) is 0.636. The first-order valence-electron chi connectivity index (χ1n) is 10.6. The molecule has 1 unspecified atom stereocenters. The third-order valence-electron chi connectivity index (χ3n) is 8.35. The summed E-state index contributed by atoms with van der Waals surface area (Å²) in [5.41, 5.74) is 1.16. The Bertz CT molecular complexity index is 1000. The Morgan fingerprint density at radius 1 is 1.28 bits per heavy atom. The molecule has 5 aliphatic rings. The van der Waals surface area contributed by atoms with Crippen LogP contribution in [0.1, 0.15) is 45.1 Å². The van der Waals surface area contributed by atoms with E-state index in [9.17, 15) is 18.7 Å². The maximum absolute atomic E-state index is 13.7. The van der Waals surface area contributed by atoms with Gasteiger partial charge in [0.25, 0.3) is 0 Å². The second kappa shape index (κ2) is 5.56. The molecule has 5 saturated carbocycles. The molecule has 5 aliphatic carbocycles. The van der Waals surface area contributed by atoms with Gasteiger partial charge < -0.3 is 15.0 Å². The number of carbonyl (C=O) groups is 1. The average molecular weight is 401 g/mol. The molecule has 7 rings (SSSR count). The summed E-state index contributed by atoms with van der Waals surface area (Å²) in [6.45, 7) is 2.26. The molecule has 5 atom stereocenters. The highest BCUT2D eigenvalue weighted by Crippen LogP contribution is 2.67. The lowest BCUT2D eigenvalue weighted by atomic mass is 9.39. The van der Waals surface area contributed by atoms with Gasteiger partial charge in [0.2, 0.25) is 5.91 Å². The summed E-state index contributed by atoms with van der Waals surface area (Å²) < 4.78 is 29.1. The maximum atomic E-state index is 13.7. The Morgan fingerprint density at radius 3 is 2.59 bits per heavy atom. The molecular weight excluding hydrogens is 376 g/mol. The molecule has 0 spiro atoms. The summed E-state index contributed by atoms with van der Waals surface area (Å²) in [4.78, 5) is 17.0. The molecule has 1 aromatic heterocycles. The molecule has 5 fully saturated rings. The second-order valence-electron chi connectivity index (χ2n) is 10.2. The molecule has 0 aliphatic heterocycles. The van der Waals surface area contributed by atoms with Crippen molar-refractivity contribution in [2.45, 2.75) is 50.6 Å². The molecular formula is C22H25F2N3O2. The van der Waals surface area contributed by atoms with Crippen molar-refractivity contribution in [1.82, 2.24) is 14.9 Å². The Hall–Kier alpha value is -2.02. The summed E-state index contributed by atoms with van der Waals surface area (Å²) in [5, 5.41) is 12.6. The fourth-order valence-corrected chi connectivity index (χ4v) is 6.99. The number of aliphatic hydroxyl groups excluding tert-OH is 1. The number of fused-ring (bicyclic) bond motifs is 2. The van der Waals surface area contributed by atoms with Gasteiger partial charge in [-0.15, -0.1) is 0 Å². The lowest BCUT2D eigenvalue weighted by Gasteiger charge is -2.70. The van der Waals surface area contributed by atoms with Crippen LogP contribution in [-0.2, 0) is 4.79 Å². The lowest BCUT2D eigenvalue weighted by Crippen LogP contribution is -2.76. The number of nitrogens with zero attached hydrogens (tertiary/aromatic N) is 2. The van der Waals surface area contributed by atoms with Crippen LogP contribution in [0.15, 0.2) is 18.5 Å². The van der Waals surface area contributed by atoms with Gasteiger partial charge in [-0.25, -0.2) is 13.8 Å². The van der Waals surface area contributed by atoms with E-state index in [2.05, 4.69) is 10.3 Å². The number of nitrogens with one attached hydrogen (secondary N) is 1. The first-order valence-corrected chi connectivity index (χ1v) is 10.6. The van der Waals surface area contributed by atoms with E-state index in [-0.39, 0.29) is 35.4 Å². The first-order chi connectivity index (χ1) is 13.8. The molecule has 2 N–H and O–H groups in total. The second-order valence-corrected chi connectivity index (χ2v) is 10.2. The van der Waals surface area contributed by atoms with Gasteiger partial charge >= 0.3 is 0 Å². The van der Waals surface area contributed by atoms with Crippen LogP contribution in [0.3, 0.4) is 0 Å². The predicted octanol–water partition coefficient (Wildman–Crippen LogP) is 3.18. The van der Waals surface area contributed by atoms with E-state index in [0.717, 1.165) is 38.2 Å². The molecule has 1 aromatic carbocycles. The van der Waals surface area contributed by atoms with Gasteiger partial charge in [-0.3, -0.25) is 4.79 Å². The zero-order valence-electron chi connectivity index (χ0n) is 16.4. The van der Waals surface area contributed by atoms with E-state index in [4.69, 9.17) is 0 Å². The van der Waals surface area contributed by atoms with Crippen LogP contribution in [0.2, 0.25) is 0 Å². The molecule has 29 heavy (non-hydrogen) atoms. The molecule has 1 amide bonds. The van der Waals surface area contributed by atoms with Gasteiger partial charge in [-0.2, -0.15) is 0 Å². The smallest absolute Gasteiger partial charge is 0.223 e. The molecule has 0 radical (unpaired) electrons. The number of hydrogen-bond acceptors (Lipinski definition) is 3. The van der Waals surface area contributed by atoms with Crippen LogP contribution < -0.4 is 5.32 Å². The largest absolute Gasteiger partial charge is 0.396 e. The van der Waals surface area contributed by atoms with Gasteiger partial charge in [-0.1, -0.05) is 6.92 Å². The van der Waals surface area contributed by atoms with Crippen LogP contribution in [0.4, 0.5) is 8.78 Å². The molecule has 2 bridgehead atoms. The predicted molar refractivity (Wildman–Crippen MR) is 102 cm³/mol. The van der Waals surface area contributed by atoms with Gasteiger partial charge in [0.15, 0.2) is 11.6 Å². The van der Waals surface area contributed by atoms with Crippen LogP contribution in [0, 0.1) is 40.7 Å². The zero-order chi connectivity index (χ0) is 20.1. The normalized spacial score (nSPS) is 40.1. The summed E-state index contributed by atoms with van der Waals surface area (Å²) in [6, 6.07) is 2.61. The number of rotatable bonds is 5. The quantitative estimate of drug-likeness (QED) is 0.809. The molecule has 2 aromatic rings. The van der Waals surface area contributed by atoms with E-state index < -0.39 is 11.6 Å². The topological polar surface area (TPSA) is 67.2 Å². The average Bonchev–Trinajstić information content (AvgIpc) is 2.96. The van der Waals surface area contributed by atoms with Crippen LogP contribution in [0.5, 0.6) is 0 Å². The minimum absolute atomic E-state index is 0.00359. The van der Waals surface area contributed by atoms with E-state index >= 15 is 0 Å². The van der Waals surface area contributed by atoms with Gasteiger partial charge in [0.1, 0.15) is 0 Å². The van der Waals surface area contributed by atoms with Gasteiger partial charge in [-0.05, 0) is 49.9 Å². The highest BCUT2D eigenvalue weighted by Gasteiger charge is 2.68. The summed E-state index contributed by atoms with van der Waals surface area (Å²) in [5.74, 6) is -0.128. The fourth-order valence-electron chi connectivity index (χ4n) is 6.99. The van der Waals surface area contributed by atoms with E-state index in [0.29, 0.717) is 28.8 Å². The SMILES string of the molecule is CC(C(=O)NC12CC(CO)(C1)C2)[C@H]1[C@@H]2C[C@@H](n3cnc4cc(F)c(F)cc43)C[C@@H]21. The minimum atomic E-state index is -0.870.